The second-order valence-electron chi connectivity index (χ2n) is 6.77. The SMILES string of the molecule is COc1ccc(/C=C/C(=O)Nc2ccc(S(=O)(=O)NCc3ccccc3)cc2)cc1OC. The minimum absolute atomic E-state index is 0.118. The van der Waals surface area contributed by atoms with E-state index in [-0.39, 0.29) is 17.3 Å². The summed E-state index contributed by atoms with van der Waals surface area (Å²) in [6, 6.07) is 20.5. The summed E-state index contributed by atoms with van der Waals surface area (Å²) in [5.41, 5.74) is 2.11. The number of ether oxygens (including phenoxy) is 2. The van der Waals surface area contributed by atoms with Crippen molar-refractivity contribution in [1.29, 1.82) is 0 Å². The van der Waals surface area contributed by atoms with Gasteiger partial charge in [-0.25, -0.2) is 13.1 Å². The average molecular weight is 453 g/mol. The van der Waals surface area contributed by atoms with E-state index in [9.17, 15) is 13.2 Å². The molecule has 0 unspecified atom stereocenters. The molecule has 0 bridgehead atoms. The number of rotatable bonds is 9. The highest BCUT2D eigenvalue weighted by molar-refractivity contribution is 7.89. The zero-order chi connectivity index (χ0) is 23.0. The van der Waals surface area contributed by atoms with Gasteiger partial charge in [0.05, 0.1) is 19.1 Å². The Hall–Kier alpha value is -3.62. The molecule has 7 nitrogen and oxygen atoms in total. The summed E-state index contributed by atoms with van der Waals surface area (Å²) in [7, 11) is -0.568. The molecule has 0 atom stereocenters. The van der Waals surface area contributed by atoms with Crippen molar-refractivity contribution in [1.82, 2.24) is 4.72 Å². The van der Waals surface area contributed by atoms with E-state index in [0.29, 0.717) is 17.2 Å². The lowest BCUT2D eigenvalue weighted by molar-refractivity contribution is -0.111. The van der Waals surface area contributed by atoms with Crippen molar-refractivity contribution < 1.29 is 22.7 Å². The first-order chi connectivity index (χ1) is 15.4. The fraction of sp³-hybridized carbons (Fsp3) is 0.125. The van der Waals surface area contributed by atoms with Gasteiger partial charge in [-0.05, 0) is 53.6 Å². The highest BCUT2D eigenvalue weighted by Gasteiger charge is 2.13. The van der Waals surface area contributed by atoms with E-state index in [0.717, 1.165) is 11.1 Å². The van der Waals surface area contributed by atoms with Crippen molar-refractivity contribution in [3.05, 3.63) is 90.0 Å². The van der Waals surface area contributed by atoms with Crippen molar-refractivity contribution in [2.24, 2.45) is 0 Å². The van der Waals surface area contributed by atoms with Gasteiger partial charge in [-0.15, -0.1) is 0 Å². The molecule has 0 radical (unpaired) electrons. The molecule has 3 rings (SSSR count). The number of carbonyl (C=O) groups is 1. The monoisotopic (exact) mass is 452 g/mol. The summed E-state index contributed by atoms with van der Waals surface area (Å²) in [5, 5.41) is 2.70. The van der Waals surface area contributed by atoms with Crippen molar-refractivity contribution in [2.75, 3.05) is 19.5 Å². The van der Waals surface area contributed by atoms with Crippen molar-refractivity contribution in [2.45, 2.75) is 11.4 Å². The number of carbonyl (C=O) groups excluding carboxylic acids is 1. The fourth-order valence-electron chi connectivity index (χ4n) is 2.89. The van der Waals surface area contributed by atoms with Gasteiger partial charge in [0.15, 0.2) is 11.5 Å². The van der Waals surface area contributed by atoms with E-state index in [4.69, 9.17) is 9.47 Å². The summed E-state index contributed by atoms with van der Waals surface area (Å²) in [6.45, 7) is 0.197. The van der Waals surface area contributed by atoms with Gasteiger partial charge in [-0.2, -0.15) is 0 Å². The molecule has 0 aliphatic heterocycles. The Balaban J connectivity index is 1.60. The van der Waals surface area contributed by atoms with Crippen LogP contribution in [-0.4, -0.2) is 28.5 Å². The molecule has 0 saturated carbocycles. The minimum Gasteiger partial charge on any atom is -0.493 e. The second kappa shape index (κ2) is 10.6. The number of hydrogen-bond acceptors (Lipinski definition) is 5. The van der Waals surface area contributed by atoms with Gasteiger partial charge in [-0.3, -0.25) is 4.79 Å². The van der Waals surface area contributed by atoms with E-state index in [2.05, 4.69) is 10.0 Å². The lowest BCUT2D eigenvalue weighted by atomic mass is 10.2. The number of anilines is 1. The van der Waals surface area contributed by atoms with Crippen molar-refractivity contribution in [3.8, 4) is 11.5 Å². The number of sulfonamides is 1. The molecular weight excluding hydrogens is 428 g/mol. The van der Waals surface area contributed by atoms with E-state index in [1.807, 2.05) is 30.3 Å². The summed E-state index contributed by atoms with van der Waals surface area (Å²) < 4.78 is 37.9. The minimum atomic E-state index is -3.66. The molecule has 0 heterocycles. The average Bonchev–Trinajstić information content (AvgIpc) is 2.82. The van der Waals surface area contributed by atoms with Gasteiger partial charge in [-0.1, -0.05) is 36.4 Å². The first-order valence-corrected chi connectivity index (χ1v) is 11.2. The lowest BCUT2D eigenvalue weighted by Crippen LogP contribution is -2.23. The molecule has 0 aliphatic rings. The predicted octanol–water partition coefficient (Wildman–Crippen LogP) is 3.83. The highest BCUT2D eigenvalue weighted by Crippen LogP contribution is 2.28. The van der Waals surface area contributed by atoms with Crippen LogP contribution in [0.2, 0.25) is 0 Å². The summed E-state index contributed by atoms with van der Waals surface area (Å²) in [5.74, 6) is 0.813. The fourth-order valence-corrected chi connectivity index (χ4v) is 3.91. The van der Waals surface area contributed by atoms with Gasteiger partial charge in [0.25, 0.3) is 0 Å². The van der Waals surface area contributed by atoms with Gasteiger partial charge in [0.1, 0.15) is 0 Å². The molecule has 3 aromatic rings. The molecule has 0 spiro atoms. The lowest BCUT2D eigenvalue weighted by Gasteiger charge is -2.08. The molecule has 166 valence electrons. The Morgan fingerprint density at radius 1 is 0.906 bits per heavy atom. The third-order valence-electron chi connectivity index (χ3n) is 4.58. The van der Waals surface area contributed by atoms with Gasteiger partial charge >= 0.3 is 0 Å². The van der Waals surface area contributed by atoms with Crippen LogP contribution in [0.3, 0.4) is 0 Å². The van der Waals surface area contributed by atoms with E-state index in [1.165, 1.54) is 18.2 Å². The van der Waals surface area contributed by atoms with Crippen LogP contribution in [0, 0.1) is 0 Å². The third-order valence-corrected chi connectivity index (χ3v) is 5.99. The Kier molecular flexibility index (Phi) is 7.64. The van der Waals surface area contributed by atoms with E-state index < -0.39 is 10.0 Å². The number of methoxy groups -OCH3 is 2. The summed E-state index contributed by atoms with van der Waals surface area (Å²) >= 11 is 0. The van der Waals surface area contributed by atoms with Crippen LogP contribution in [0.25, 0.3) is 6.08 Å². The van der Waals surface area contributed by atoms with Gasteiger partial charge in [0, 0.05) is 18.3 Å². The Morgan fingerprint density at radius 2 is 1.59 bits per heavy atom. The topological polar surface area (TPSA) is 93.7 Å². The zero-order valence-electron chi connectivity index (χ0n) is 17.7. The first-order valence-electron chi connectivity index (χ1n) is 9.76. The molecule has 0 saturated heterocycles. The van der Waals surface area contributed by atoms with E-state index in [1.54, 1.807) is 50.6 Å². The highest BCUT2D eigenvalue weighted by atomic mass is 32.2. The van der Waals surface area contributed by atoms with Gasteiger partial charge in [0.2, 0.25) is 15.9 Å². The molecule has 32 heavy (non-hydrogen) atoms. The smallest absolute Gasteiger partial charge is 0.248 e. The summed E-state index contributed by atoms with van der Waals surface area (Å²) in [6.07, 6.45) is 3.02. The molecule has 1 amide bonds. The van der Waals surface area contributed by atoms with Crippen LogP contribution in [0.4, 0.5) is 5.69 Å². The molecule has 2 N–H and O–H groups in total. The maximum absolute atomic E-state index is 12.5. The van der Waals surface area contributed by atoms with Crippen molar-refractivity contribution >= 4 is 27.7 Å². The zero-order valence-corrected chi connectivity index (χ0v) is 18.6. The normalized spacial score (nSPS) is 11.3. The second-order valence-corrected chi connectivity index (χ2v) is 8.54. The van der Waals surface area contributed by atoms with Crippen LogP contribution in [0.1, 0.15) is 11.1 Å². The number of amides is 1. The van der Waals surface area contributed by atoms with E-state index >= 15 is 0 Å². The standard InChI is InChI=1S/C24H24N2O5S/c1-30-22-14-8-18(16-23(22)31-2)9-15-24(27)26-20-10-12-21(13-11-20)32(28,29)25-17-19-6-4-3-5-7-19/h3-16,25H,17H2,1-2H3,(H,26,27)/b15-9+. The first kappa shape index (κ1) is 23.1. The largest absolute Gasteiger partial charge is 0.493 e. The van der Waals surface area contributed by atoms with Crippen LogP contribution in [0.5, 0.6) is 11.5 Å². The van der Waals surface area contributed by atoms with Crippen LogP contribution >= 0.6 is 0 Å². The number of benzene rings is 3. The Labute approximate surface area is 187 Å². The van der Waals surface area contributed by atoms with Crippen LogP contribution in [-0.2, 0) is 21.4 Å². The summed E-state index contributed by atoms with van der Waals surface area (Å²) in [4.78, 5) is 12.3. The molecule has 0 aromatic heterocycles. The Morgan fingerprint density at radius 3 is 2.25 bits per heavy atom. The molecule has 0 fully saturated rings. The van der Waals surface area contributed by atoms with Crippen molar-refractivity contribution in [3.63, 3.8) is 0 Å². The molecule has 8 heteroatoms. The molecule has 0 aliphatic carbocycles. The third kappa shape index (κ3) is 6.19. The maximum Gasteiger partial charge on any atom is 0.248 e. The maximum atomic E-state index is 12.5. The molecule has 3 aromatic carbocycles. The van der Waals surface area contributed by atoms with Crippen LogP contribution < -0.4 is 19.5 Å². The Bertz CT molecular complexity index is 1190. The predicted molar refractivity (Wildman–Crippen MR) is 124 cm³/mol. The number of hydrogen-bond donors (Lipinski definition) is 2. The number of nitrogens with one attached hydrogen (secondary N) is 2. The molecular formula is C24H24N2O5S. The van der Waals surface area contributed by atoms with Crippen LogP contribution in [0.15, 0.2) is 83.8 Å². The quantitative estimate of drug-likeness (QED) is 0.481. The van der Waals surface area contributed by atoms with Gasteiger partial charge < -0.3 is 14.8 Å².